The average Bonchev–Trinajstić information content (AvgIpc) is 2.61. The second-order valence-corrected chi connectivity index (χ2v) is 7.74. The third kappa shape index (κ3) is 5.34. The van der Waals surface area contributed by atoms with Crippen LogP contribution in [0.1, 0.15) is 45.9 Å². The SMILES string of the molecule is CC(C)(C)ONc1nc(Nc2ccnc(Cl)c2)nc(C2=C(F)C(O)CCC2)n1. The van der Waals surface area contributed by atoms with Crippen LogP contribution >= 0.6 is 11.6 Å². The molecule has 8 nitrogen and oxygen atoms in total. The van der Waals surface area contributed by atoms with Gasteiger partial charge in [-0.3, -0.25) is 4.84 Å². The Morgan fingerprint density at radius 2 is 2.00 bits per heavy atom. The summed E-state index contributed by atoms with van der Waals surface area (Å²) < 4.78 is 14.5. The van der Waals surface area contributed by atoms with Gasteiger partial charge in [0.25, 0.3) is 5.95 Å². The van der Waals surface area contributed by atoms with Crippen LogP contribution < -0.4 is 10.8 Å². The van der Waals surface area contributed by atoms with Crippen LogP contribution in [0.2, 0.25) is 5.15 Å². The highest BCUT2D eigenvalue weighted by atomic mass is 35.5. The van der Waals surface area contributed by atoms with Crippen LogP contribution in [0.25, 0.3) is 5.57 Å². The first-order valence-corrected chi connectivity index (χ1v) is 9.25. The maximum atomic E-state index is 14.5. The smallest absolute Gasteiger partial charge is 0.252 e. The van der Waals surface area contributed by atoms with E-state index in [0.717, 1.165) is 0 Å². The van der Waals surface area contributed by atoms with Gasteiger partial charge in [-0.1, -0.05) is 11.6 Å². The van der Waals surface area contributed by atoms with E-state index in [1.807, 2.05) is 20.8 Å². The summed E-state index contributed by atoms with van der Waals surface area (Å²) in [4.78, 5) is 22.3. The van der Waals surface area contributed by atoms with E-state index in [0.29, 0.717) is 30.1 Å². The first-order chi connectivity index (χ1) is 13.2. The van der Waals surface area contributed by atoms with Gasteiger partial charge in [0.15, 0.2) is 5.82 Å². The maximum Gasteiger partial charge on any atom is 0.252 e. The van der Waals surface area contributed by atoms with Crippen LogP contribution in [0.5, 0.6) is 0 Å². The van der Waals surface area contributed by atoms with E-state index in [4.69, 9.17) is 16.4 Å². The summed E-state index contributed by atoms with van der Waals surface area (Å²) in [5.74, 6) is -0.192. The molecule has 0 fully saturated rings. The molecule has 2 heterocycles. The molecule has 0 amide bonds. The Morgan fingerprint density at radius 1 is 1.25 bits per heavy atom. The first-order valence-electron chi connectivity index (χ1n) is 8.87. The Balaban J connectivity index is 1.97. The third-order valence-corrected chi connectivity index (χ3v) is 4.03. The number of nitrogens with zero attached hydrogens (tertiary/aromatic N) is 4. The molecule has 1 aliphatic carbocycles. The van der Waals surface area contributed by atoms with Crippen molar-refractivity contribution >= 4 is 34.8 Å². The highest BCUT2D eigenvalue weighted by Crippen LogP contribution is 2.32. The molecular formula is C18H22ClFN6O2. The topological polar surface area (TPSA) is 105 Å². The molecule has 0 saturated heterocycles. The Bertz CT molecular complexity index is 887. The van der Waals surface area contributed by atoms with Crippen LogP contribution in [0.15, 0.2) is 24.2 Å². The zero-order valence-corrected chi connectivity index (χ0v) is 16.6. The molecule has 28 heavy (non-hydrogen) atoms. The number of aromatic nitrogens is 4. The fourth-order valence-electron chi connectivity index (χ4n) is 2.56. The summed E-state index contributed by atoms with van der Waals surface area (Å²) in [5, 5.41) is 13.1. The van der Waals surface area contributed by atoms with Crippen molar-refractivity contribution in [3.05, 3.63) is 35.1 Å². The molecule has 150 valence electrons. The van der Waals surface area contributed by atoms with Gasteiger partial charge in [0.1, 0.15) is 17.1 Å². The Hall–Kier alpha value is -2.36. The number of hydrogen-bond donors (Lipinski definition) is 3. The predicted molar refractivity (Wildman–Crippen MR) is 105 cm³/mol. The van der Waals surface area contributed by atoms with E-state index in [9.17, 15) is 9.50 Å². The quantitative estimate of drug-likeness (QED) is 0.503. The van der Waals surface area contributed by atoms with E-state index >= 15 is 0 Å². The monoisotopic (exact) mass is 408 g/mol. The van der Waals surface area contributed by atoms with Gasteiger partial charge in [0, 0.05) is 17.5 Å². The minimum Gasteiger partial charge on any atom is -0.386 e. The van der Waals surface area contributed by atoms with Gasteiger partial charge in [0.2, 0.25) is 5.95 Å². The van der Waals surface area contributed by atoms with E-state index in [1.54, 1.807) is 12.1 Å². The lowest BCUT2D eigenvalue weighted by Crippen LogP contribution is -2.24. The van der Waals surface area contributed by atoms with Gasteiger partial charge in [-0.2, -0.15) is 15.0 Å². The summed E-state index contributed by atoms with van der Waals surface area (Å²) >= 11 is 5.91. The molecule has 0 aromatic carbocycles. The lowest BCUT2D eigenvalue weighted by atomic mass is 9.96. The number of aliphatic hydroxyl groups is 1. The minimum absolute atomic E-state index is 0.114. The van der Waals surface area contributed by atoms with Crippen molar-refractivity contribution in [3.63, 3.8) is 0 Å². The largest absolute Gasteiger partial charge is 0.386 e. The molecule has 3 rings (SSSR count). The molecule has 3 N–H and O–H groups in total. The van der Waals surface area contributed by atoms with Gasteiger partial charge in [-0.05, 0) is 52.2 Å². The van der Waals surface area contributed by atoms with Gasteiger partial charge < -0.3 is 10.4 Å². The highest BCUT2D eigenvalue weighted by Gasteiger charge is 2.25. The molecule has 2 aromatic heterocycles. The molecule has 2 aromatic rings. The Labute approximate surface area is 167 Å². The van der Waals surface area contributed by atoms with Gasteiger partial charge in [-0.25, -0.2) is 14.9 Å². The fraction of sp³-hybridized carbons (Fsp3) is 0.444. The van der Waals surface area contributed by atoms with Crippen LogP contribution in [0.4, 0.5) is 22.0 Å². The van der Waals surface area contributed by atoms with E-state index in [1.165, 1.54) is 6.20 Å². The summed E-state index contributed by atoms with van der Waals surface area (Å²) in [7, 11) is 0. The molecule has 1 aliphatic rings. The van der Waals surface area contributed by atoms with Crippen molar-refractivity contribution in [2.24, 2.45) is 0 Å². The van der Waals surface area contributed by atoms with Crippen LogP contribution in [-0.4, -0.2) is 36.7 Å². The summed E-state index contributed by atoms with van der Waals surface area (Å²) in [6, 6.07) is 3.30. The molecule has 0 saturated carbocycles. The summed E-state index contributed by atoms with van der Waals surface area (Å²) in [6.45, 7) is 5.58. The fourth-order valence-corrected chi connectivity index (χ4v) is 2.73. The van der Waals surface area contributed by atoms with E-state index < -0.39 is 17.5 Å². The Morgan fingerprint density at radius 3 is 2.71 bits per heavy atom. The highest BCUT2D eigenvalue weighted by molar-refractivity contribution is 6.29. The molecular weight excluding hydrogens is 387 g/mol. The molecule has 1 unspecified atom stereocenters. The van der Waals surface area contributed by atoms with Crippen LogP contribution in [0, 0.1) is 0 Å². The first kappa shape index (κ1) is 20.4. The predicted octanol–water partition coefficient (Wildman–Crippen LogP) is 4.03. The molecule has 10 heteroatoms. The van der Waals surface area contributed by atoms with Crippen molar-refractivity contribution < 1.29 is 14.3 Å². The standard InChI is InChI=1S/C18H22ClFN6O2/c1-18(2,3)28-26-17-24-15(11-5-4-6-12(27)14(11)20)23-16(25-17)22-10-7-8-21-13(19)9-10/h7-9,12,27H,4-6H2,1-3H3,(H2,21,22,23,24,25,26). The van der Waals surface area contributed by atoms with Gasteiger partial charge in [0.05, 0.1) is 5.60 Å². The van der Waals surface area contributed by atoms with Crippen LogP contribution in [-0.2, 0) is 4.84 Å². The van der Waals surface area contributed by atoms with Crippen molar-refractivity contribution in [1.29, 1.82) is 0 Å². The number of pyridine rings is 1. The summed E-state index contributed by atoms with van der Waals surface area (Å²) in [6.07, 6.45) is 1.83. The van der Waals surface area contributed by atoms with E-state index in [2.05, 4.69) is 30.7 Å². The number of allylic oxidation sites excluding steroid dienone is 1. The zero-order valence-electron chi connectivity index (χ0n) is 15.8. The Kier molecular flexibility index (Phi) is 6.07. The van der Waals surface area contributed by atoms with Crippen molar-refractivity contribution in [2.45, 2.75) is 51.7 Å². The maximum absolute atomic E-state index is 14.5. The van der Waals surface area contributed by atoms with Crippen molar-refractivity contribution in [2.75, 3.05) is 10.8 Å². The minimum atomic E-state index is -1.14. The third-order valence-electron chi connectivity index (χ3n) is 3.82. The van der Waals surface area contributed by atoms with E-state index in [-0.39, 0.29) is 23.3 Å². The number of hydrogen-bond acceptors (Lipinski definition) is 8. The lowest BCUT2D eigenvalue weighted by Gasteiger charge is -2.21. The van der Waals surface area contributed by atoms with Crippen molar-refractivity contribution in [3.8, 4) is 0 Å². The molecule has 0 bridgehead atoms. The second kappa shape index (κ2) is 8.34. The second-order valence-electron chi connectivity index (χ2n) is 7.35. The number of rotatable bonds is 5. The zero-order chi connectivity index (χ0) is 20.3. The van der Waals surface area contributed by atoms with Gasteiger partial charge in [-0.15, -0.1) is 0 Å². The molecule has 0 radical (unpaired) electrons. The number of halogens is 2. The van der Waals surface area contributed by atoms with Gasteiger partial charge >= 0.3 is 0 Å². The number of anilines is 3. The number of nitrogens with one attached hydrogen (secondary N) is 2. The normalized spacial score (nSPS) is 17.6. The molecule has 1 atom stereocenters. The molecule has 0 aliphatic heterocycles. The lowest BCUT2D eigenvalue weighted by molar-refractivity contribution is 0.0358. The number of aliphatic hydroxyl groups excluding tert-OH is 1. The summed E-state index contributed by atoms with van der Waals surface area (Å²) in [5.41, 5.74) is 3.05. The average molecular weight is 409 g/mol. The molecule has 0 spiro atoms. The van der Waals surface area contributed by atoms with Crippen LogP contribution in [0.3, 0.4) is 0 Å². The van der Waals surface area contributed by atoms with Crippen molar-refractivity contribution in [1.82, 2.24) is 19.9 Å².